The van der Waals surface area contributed by atoms with Gasteiger partial charge < -0.3 is 0 Å². The van der Waals surface area contributed by atoms with Crippen LogP contribution < -0.4 is 0 Å². The summed E-state index contributed by atoms with van der Waals surface area (Å²) in [6, 6.07) is 20.9. The molecule has 0 N–H and O–H groups in total. The number of hydrogen-bond acceptors (Lipinski definition) is 0. The molecule has 1 unspecified atom stereocenters. The summed E-state index contributed by atoms with van der Waals surface area (Å²) in [6.07, 6.45) is 16.8. The minimum absolute atomic E-state index is 0.855. The van der Waals surface area contributed by atoms with Crippen LogP contribution in [-0.4, -0.2) is 0 Å². The molecule has 2 aromatic rings. The van der Waals surface area contributed by atoms with Gasteiger partial charge in [0.25, 0.3) is 0 Å². The van der Waals surface area contributed by atoms with E-state index in [0.717, 1.165) is 5.92 Å². The third kappa shape index (κ3) is 9.43. The fourth-order valence-corrected chi connectivity index (χ4v) is 3.71. The summed E-state index contributed by atoms with van der Waals surface area (Å²) in [5.41, 5.74) is 4.22. The molecule has 0 heteroatoms. The topological polar surface area (TPSA) is 0 Å². The molecular weight excluding hydrogens is 324 g/mol. The Balaban J connectivity index is 0.000000273. The van der Waals surface area contributed by atoms with E-state index in [4.69, 9.17) is 0 Å². The summed E-state index contributed by atoms with van der Waals surface area (Å²) in [5, 5.41) is 0. The minimum Gasteiger partial charge on any atom is -0.0985 e. The zero-order chi connectivity index (χ0) is 19.2. The molecular formula is C27H36. The summed E-state index contributed by atoms with van der Waals surface area (Å²) in [4.78, 5) is 0. The van der Waals surface area contributed by atoms with Gasteiger partial charge in [0.15, 0.2) is 0 Å². The molecule has 0 aromatic heterocycles. The maximum absolute atomic E-state index is 3.63. The van der Waals surface area contributed by atoms with Gasteiger partial charge in [-0.2, -0.15) is 0 Å². The van der Waals surface area contributed by atoms with Gasteiger partial charge in [-0.1, -0.05) is 130 Å². The highest BCUT2D eigenvalue weighted by Crippen LogP contribution is 2.26. The third-order valence-corrected chi connectivity index (χ3v) is 5.26. The quantitative estimate of drug-likeness (QED) is 0.503. The van der Waals surface area contributed by atoms with E-state index in [9.17, 15) is 0 Å². The molecule has 1 saturated carbocycles. The lowest BCUT2D eigenvalue weighted by molar-refractivity contribution is 0.486. The first-order chi connectivity index (χ1) is 13.3. The van der Waals surface area contributed by atoms with Crippen molar-refractivity contribution in [3.63, 3.8) is 0 Å². The van der Waals surface area contributed by atoms with Gasteiger partial charge in [-0.05, 0) is 36.3 Å². The van der Waals surface area contributed by atoms with Crippen molar-refractivity contribution in [1.29, 1.82) is 0 Å². The summed E-state index contributed by atoms with van der Waals surface area (Å²) < 4.78 is 0. The van der Waals surface area contributed by atoms with E-state index in [1.165, 1.54) is 68.9 Å². The first kappa shape index (κ1) is 21.2. The van der Waals surface area contributed by atoms with Crippen molar-refractivity contribution in [3.05, 3.63) is 83.9 Å². The second-order valence-electron chi connectivity index (χ2n) is 7.80. The van der Waals surface area contributed by atoms with E-state index < -0.39 is 0 Å². The summed E-state index contributed by atoms with van der Waals surface area (Å²) in [7, 11) is 0. The molecule has 3 rings (SSSR count). The van der Waals surface area contributed by atoms with Crippen molar-refractivity contribution in [3.8, 4) is 0 Å². The highest BCUT2D eigenvalue weighted by Gasteiger charge is 2.08. The first-order valence-electron chi connectivity index (χ1n) is 10.7. The molecule has 0 heterocycles. The highest BCUT2D eigenvalue weighted by molar-refractivity contribution is 5.52. The molecule has 2 aromatic carbocycles. The van der Waals surface area contributed by atoms with Gasteiger partial charge >= 0.3 is 0 Å². The third-order valence-electron chi connectivity index (χ3n) is 5.26. The van der Waals surface area contributed by atoms with Crippen LogP contribution in [0.3, 0.4) is 0 Å². The molecule has 27 heavy (non-hydrogen) atoms. The van der Waals surface area contributed by atoms with Crippen LogP contribution in [0.5, 0.6) is 0 Å². The van der Waals surface area contributed by atoms with Crippen molar-refractivity contribution >= 4 is 12.2 Å². The van der Waals surface area contributed by atoms with E-state index in [1.807, 2.05) is 36.4 Å². The summed E-state index contributed by atoms with van der Waals surface area (Å²) in [6.45, 7) is 6.06. The lowest BCUT2D eigenvalue weighted by Gasteiger charge is -2.13. The Kier molecular flexibility index (Phi) is 10.3. The molecule has 0 spiro atoms. The molecule has 0 nitrogen and oxygen atoms in total. The van der Waals surface area contributed by atoms with Crippen LogP contribution in [0.2, 0.25) is 0 Å². The van der Waals surface area contributed by atoms with Crippen molar-refractivity contribution in [2.45, 2.75) is 64.7 Å². The molecule has 0 aliphatic heterocycles. The Morgan fingerprint density at radius 2 is 1.30 bits per heavy atom. The van der Waals surface area contributed by atoms with Gasteiger partial charge in [0, 0.05) is 0 Å². The van der Waals surface area contributed by atoms with Crippen LogP contribution in [0, 0.1) is 5.92 Å². The van der Waals surface area contributed by atoms with E-state index in [2.05, 4.69) is 49.9 Å². The molecule has 1 atom stereocenters. The zero-order valence-electron chi connectivity index (χ0n) is 17.1. The van der Waals surface area contributed by atoms with Gasteiger partial charge in [0.1, 0.15) is 0 Å². The fraction of sp³-hybridized carbons (Fsp3) is 0.407. The fourth-order valence-electron chi connectivity index (χ4n) is 3.71. The zero-order valence-corrected chi connectivity index (χ0v) is 17.1. The largest absolute Gasteiger partial charge is 0.0985 e. The highest BCUT2D eigenvalue weighted by atomic mass is 14.1. The first-order valence-corrected chi connectivity index (χ1v) is 10.7. The molecule has 144 valence electrons. The monoisotopic (exact) mass is 360 g/mol. The molecule has 1 aliphatic rings. The smallest absolute Gasteiger partial charge is 0.0257 e. The molecule has 0 saturated heterocycles. The van der Waals surface area contributed by atoms with E-state index in [-0.39, 0.29) is 0 Å². The Labute approximate surface area is 167 Å². The molecule has 1 aliphatic carbocycles. The van der Waals surface area contributed by atoms with Gasteiger partial charge in [-0.3, -0.25) is 0 Å². The summed E-state index contributed by atoms with van der Waals surface area (Å²) in [5.74, 6) is 0.855. The number of hydrogen-bond donors (Lipinski definition) is 0. The van der Waals surface area contributed by atoms with Crippen LogP contribution in [0.4, 0.5) is 0 Å². The lowest BCUT2D eigenvalue weighted by atomic mass is 9.92. The molecule has 1 fully saturated rings. The van der Waals surface area contributed by atoms with E-state index in [1.54, 1.807) is 5.57 Å². The van der Waals surface area contributed by atoms with Crippen LogP contribution in [0.15, 0.2) is 72.8 Å². The van der Waals surface area contributed by atoms with Crippen molar-refractivity contribution in [2.24, 2.45) is 5.92 Å². The van der Waals surface area contributed by atoms with Crippen LogP contribution in [-0.2, 0) is 0 Å². The van der Waals surface area contributed by atoms with E-state index in [0.29, 0.717) is 0 Å². The second kappa shape index (κ2) is 13.1. The van der Waals surface area contributed by atoms with E-state index >= 15 is 0 Å². The van der Waals surface area contributed by atoms with Crippen molar-refractivity contribution < 1.29 is 0 Å². The van der Waals surface area contributed by atoms with Gasteiger partial charge in [0.05, 0.1) is 0 Å². The Morgan fingerprint density at radius 1 is 0.741 bits per heavy atom. The number of rotatable bonds is 2. The Morgan fingerprint density at radius 3 is 1.89 bits per heavy atom. The maximum Gasteiger partial charge on any atom is -0.0257 e. The molecule has 0 bridgehead atoms. The van der Waals surface area contributed by atoms with Gasteiger partial charge in [-0.15, -0.1) is 0 Å². The maximum atomic E-state index is 3.63. The second-order valence-corrected chi connectivity index (χ2v) is 7.80. The SMILES string of the molecule is C=Cc1ccccc1.CC1CCCCCCCCC(=Cc2ccccc2)C1. The van der Waals surface area contributed by atoms with Crippen LogP contribution in [0.1, 0.15) is 75.8 Å². The normalized spacial score (nSPS) is 20.0. The predicted octanol–water partition coefficient (Wildman–Crippen LogP) is 8.56. The Bertz CT molecular complexity index is 651. The average molecular weight is 361 g/mol. The summed E-state index contributed by atoms with van der Waals surface area (Å²) >= 11 is 0. The molecule has 0 radical (unpaired) electrons. The Hall–Kier alpha value is -2.08. The van der Waals surface area contributed by atoms with Crippen LogP contribution >= 0.6 is 0 Å². The average Bonchev–Trinajstić information content (AvgIpc) is 2.75. The molecule has 0 amide bonds. The van der Waals surface area contributed by atoms with Crippen molar-refractivity contribution in [2.75, 3.05) is 0 Å². The van der Waals surface area contributed by atoms with Gasteiger partial charge in [0.2, 0.25) is 0 Å². The van der Waals surface area contributed by atoms with Crippen molar-refractivity contribution in [1.82, 2.24) is 0 Å². The lowest BCUT2D eigenvalue weighted by Crippen LogP contribution is -1.97. The number of benzene rings is 2. The minimum atomic E-state index is 0.855. The van der Waals surface area contributed by atoms with Crippen LogP contribution in [0.25, 0.3) is 12.2 Å². The van der Waals surface area contributed by atoms with Gasteiger partial charge in [-0.25, -0.2) is 0 Å². The standard InChI is InChI=1S/C19H28.C8H8/c1-17-11-7-4-2-3-5-8-14-19(15-17)16-18-12-9-6-10-13-18;1-2-8-6-4-3-5-7-8/h6,9-10,12-13,16-17H,2-5,7-8,11,14-15H2,1H3;2-7H,1H2. The predicted molar refractivity (Wildman–Crippen MR) is 122 cm³/mol. The number of allylic oxidation sites excluding steroid dienone is 1.